The van der Waals surface area contributed by atoms with Crippen LogP contribution in [0.1, 0.15) is 6.92 Å². The normalized spacial score (nSPS) is 51.2. The fraction of sp³-hybridized carbons (Fsp3) is 1.00. The Hall–Kier alpha value is -0.240. The fourth-order valence-corrected chi connectivity index (χ4v) is 1.90. The van der Waals surface area contributed by atoms with Crippen molar-refractivity contribution in [3.8, 4) is 0 Å². The van der Waals surface area contributed by atoms with Crippen molar-refractivity contribution in [1.82, 2.24) is 0 Å². The second-order valence-electron chi connectivity index (χ2n) is 3.76. The minimum atomic E-state index is -1.04. The van der Waals surface area contributed by atoms with Gasteiger partial charge in [0.2, 0.25) is 0 Å². The molecule has 0 aromatic carbocycles. The molecule has 0 amide bonds. The summed E-state index contributed by atoms with van der Waals surface area (Å²) in [6.07, 6.45) is -4.11. The van der Waals surface area contributed by atoms with E-state index in [1.165, 1.54) is 7.11 Å². The van der Waals surface area contributed by atoms with Crippen LogP contribution in [0.5, 0.6) is 0 Å². The molecular weight excluding hydrogens is 204 g/mol. The fourth-order valence-electron chi connectivity index (χ4n) is 1.90. The van der Waals surface area contributed by atoms with Crippen LogP contribution in [0.2, 0.25) is 0 Å². The molecular formula is C9H16O6. The van der Waals surface area contributed by atoms with Gasteiger partial charge in [-0.1, -0.05) is 0 Å². The van der Waals surface area contributed by atoms with Crippen molar-refractivity contribution in [2.24, 2.45) is 0 Å². The zero-order chi connectivity index (χ0) is 11.0. The number of hydrogen-bond donors (Lipinski definition) is 2. The van der Waals surface area contributed by atoms with Gasteiger partial charge in [-0.2, -0.15) is 0 Å². The lowest BCUT2D eigenvalue weighted by atomic mass is 10.1. The van der Waals surface area contributed by atoms with Gasteiger partial charge in [-0.3, -0.25) is 0 Å². The van der Waals surface area contributed by atoms with Gasteiger partial charge < -0.3 is 29.2 Å². The maximum atomic E-state index is 9.72. The maximum Gasteiger partial charge on any atom is 0.186 e. The van der Waals surface area contributed by atoms with Crippen LogP contribution in [0, 0.1) is 0 Å². The first-order valence-electron chi connectivity index (χ1n) is 4.95. The summed E-state index contributed by atoms with van der Waals surface area (Å²) >= 11 is 0. The van der Waals surface area contributed by atoms with Gasteiger partial charge in [0.15, 0.2) is 12.6 Å². The Bertz CT molecular complexity index is 223. The number of aliphatic hydroxyl groups excluding tert-OH is 2. The van der Waals surface area contributed by atoms with Gasteiger partial charge in [-0.15, -0.1) is 0 Å². The summed E-state index contributed by atoms with van der Waals surface area (Å²) in [6.45, 7) is 2.12. The van der Waals surface area contributed by atoms with Crippen LogP contribution in [-0.4, -0.2) is 60.9 Å². The molecule has 88 valence electrons. The molecule has 6 atom stereocenters. The Balaban J connectivity index is 1.99. The Morgan fingerprint density at radius 3 is 2.40 bits per heavy atom. The molecule has 0 aromatic rings. The van der Waals surface area contributed by atoms with Gasteiger partial charge in [0.25, 0.3) is 0 Å². The highest BCUT2D eigenvalue weighted by molar-refractivity contribution is 4.92. The van der Waals surface area contributed by atoms with Crippen LogP contribution >= 0.6 is 0 Å². The maximum absolute atomic E-state index is 9.72. The van der Waals surface area contributed by atoms with Crippen molar-refractivity contribution in [3.05, 3.63) is 0 Å². The zero-order valence-corrected chi connectivity index (χ0v) is 8.70. The SMILES string of the molecule is COC1OC(C2COC(C)O2)C(O)C1O. The molecule has 2 aliphatic heterocycles. The predicted molar refractivity (Wildman–Crippen MR) is 48.0 cm³/mol. The van der Waals surface area contributed by atoms with Crippen LogP contribution in [-0.2, 0) is 18.9 Å². The van der Waals surface area contributed by atoms with Crippen molar-refractivity contribution < 1.29 is 29.2 Å². The van der Waals surface area contributed by atoms with Crippen LogP contribution in [0.4, 0.5) is 0 Å². The van der Waals surface area contributed by atoms with E-state index in [4.69, 9.17) is 18.9 Å². The second kappa shape index (κ2) is 4.32. The summed E-state index contributed by atoms with van der Waals surface area (Å²) in [7, 11) is 1.41. The van der Waals surface area contributed by atoms with Crippen LogP contribution in [0.15, 0.2) is 0 Å². The molecule has 0 aliphatic carbocycles. The van der Waals surface area contributed by atoms with Crippen molar-refractivity contribution in [2.75, 3.05) is 13.7 Å². The van der Waals surface area contributed by atoms with Gasteiger partial charge in [-0.25, -0.2) is 0 Å². The number of ether oxygens (including phenoxy) is 4. The smallest absolute Gasteiger partial charge is 0.186 e. The van der Waals surface area contributed by atoms with Crippen LogP contribution < -0.4 is 0 Å². The number of aliphatic hydroxyl groups is 2. The van der Waals surface area contributed by atoms with E-state index in [0.29, 0.717) is 6.61 Å². The second-order valence-corrected chi connectivity index (χ2v) is 3.76. The highest BCUT2D eigenvalue weighted by Crippen LogP contribution is 2.28. The molecule has 0 aromatic heterocycles. The summed E-state index contributed by atoms with van der Waals surface area (Å²) in [4.78, 5) is 0. The highest BCUT2D eigenvalue weighted by Gasteiger charge is 2.48. The molecule has 0 spiro atoms. The van der Waals surface area contributed by atoms with Gasteiger partial charge in [0.05, 0.1) is 6.61 Å². The third-order valence-corrected chi connectivity index (χ3v) is 2.72. The van der Waals surface area contributed by atoms with Crippen molar-refractivity contribution >= 4 is 0 Å². The van der Waals surface area contributed by atoms with Crippen molar-refractivity contribution in [2.45, 2.75) is 43.9 Å². The first kappa shape index (κ1) is 11.3. The third kappa shape index (κ3) is 2.01. The third-order valence-electron chi connectivity index (χ3n) is 2.72. The van der Waals surface area contributed by atoms with E-state index < -0.39 is 24.6 Å². The molecule has 6 unspecified atom stereocenters. The molecule has 0 bridgehead atoms. The molecule has 2 aliphatic rings. The van der Waals surface area contributed by atoms with Gasteiger partial charge in [0, 0.05) is 7.11 Å². The summed E-state index contributed by atoms with van der Waals surface area (Å²) in [5.74, 6) is 0. The molecule has 2 N–H and O–H groups in total. The van der Waals surface area contributed by atoms with Crippen LogP contribution in [0.3, 0.4) is 0 Å². The minimum Gasteiger partial charge on any atom is -0.387 e. The summed E-state index contributed by atoms with van der Waals surface area (Å²) in [6, 6.07) is 0. The Kier molecular flexibility index (Phi) is 3.24. The first-order chi connectivity index (χ1) is 7.13. The van der Waals surface area contributed by atoms with E-state index in [1.54, 1.807) is 6.92 Å². The van der Waals surface area contributed by atoms with E-state index in [2.05, 4.69) is 0 Å². The minimum absolute atomic E-state index is 0.301. The topological polar surface area (TPSA) is 77.4 Å². The average Bonchev–Trinajstić information content (AvgIpc) is 2.74. The molecule has 6 nitrogen and oxygen atoms in total. The first-order valence-corrected chi connectivity index (χ1v) is 4.95. The number of methoxy groups -OCH3 is 1. The highest BCUT2D eigenvalue weighted by atomic mass is 16.7. The van der Waals surface area contributed by atoms with Crippen molar-refractivity contribution in [3.63, 3.8) is 0 Å². The van der Waals surface area contributed by atoms with Gasteiger partial charge >= 0.3 is 0 Å². The monoisotopic (exact) mass is 220 g/mol. The molecule has 2 heterocycles. The summed E-state index contributed by atoms with van der Waals surface area (Å²) in [5, 5.41) is 19.3. The standard InChI is InChI=1S/C9H16O6/c1-4-13-3-5(14-4)8-6(10)7(11)9(12-2)15-8/h4-11H,3H2,1-2H3. The Morgan fingerprint density at radius 1 is 1.20 bits per heavy atom. The van der Waals surface area contributed by atoms with E-state index in [-0.39, 0.29) is 12.4 Å². The zero-order valence-electron chi connectivity index (χ0n) is 8.70. The Morgan fingerprint density at radius 2 is 1.93 bits per heavy atom. The average molecular weight is 220 g/mol. The molecule has 6 heteroatoms. The Labute approximate surface area is 87.7 Å². The van der Waals surface area contributed by atoms with Gasteiger partial charge in [-0.05, 0) is 6.92 Å². The summed E-state index contributed by atoms with van der Waals surface area (Å²) < 4.78 is 20.8. The number of rotatable bonds is 2. The molecule has 2 saturated heterocycles. The van der Waals surface area contributed by atoms with E-state index in [1.807, 2.05) is 0 Å². The molecule has 2 rings (SSSR count). The van der Waals surface area contributed by atoms with E-state index in [0.717, 1.165) is 0 Å². The predicted octanol–water partition coefficient (Wildman–Crippen LogP) is -1.16. The van der Waals surface area contributed by atoms with E-state index >= 15 is 0 Å². The summed E-state index contributed by atoms with van der Waals surface area (Å²) in [5.41, 5.74) is 0. The lowest BCUT2D eigenvalue weighted by Gasteiger charge is -2.19. The van der Waals surface area contributed by atoms with Crippen molar-refractivity contribution in [1.29, 1.82) is 0 Å². The largest absolute Gasteiger partial charge is 0.387 e. The molecule has 15 heavy (non-hydrogen) atoms. The molecule has 0 saturated carbocycles. The molecule has 0 radical (unpaired) electrons. The van der Waals surface area contributed by atoms with Crippen LogP contribution in [0.25, 0.3) is 0 Å². The number of hydrogen-bond acceptors (Lipinski definition) is 6. The lowest BCUT2D eigenvalue weighted by Crippen LogP contribution is -2.40. The van der Waals surface area contributed by atoms with E-state index in [9.17, 15) is 10.2 Å². The van der Waals surface area contributed by atoms with Gasteiger partial charge in [0.1, 0.15) is 24.4 Å². The quantitative estimate of drug-likeness (QED) is 0.611. The molecule has 2 fully saturated rings. The lowest BCUT2D eigenvalue weighted by molar-refractivity contribution is -0.167.